The summed E-state index contributed by atoms with van der Waals surface area (Å²) in [4.78, 5) is 11.2. The van der Waals surface area contributed by atoms with Crippen LogP contribution in [0.3, 0.4) is 0 Å². The smallest absolute Gasteiger partial charge is 0.266 e. The summed E-state index contributed by atoms with van der Waals surface area (Å²) in [5, 5.41) is 3.89. The lowest BCUT2D eigenvalue weighted by Gasteiger charge is -2.06. The molecule has 0 amide bonds. The minimum absolute atomic E-state index is 0.0992. The molecule has 0 unspecified atom stereocenters. The van der Waals surface area contributed by atoms with Crippen LogP contribution in [0, 0.1) is 5.92 Å². The summed E-state index contributed by atoms with van der Waals surface area (Å²) in [7, 11) is 0. The largest absolute Gasteiger partial charge is 0.382 e. The highest BCUT2D eigenvalue weighted by molar-refractivity contribution is 5.23. The van der Waals surface area contributed by atoms with Crippen molar-refractivity contribution in [1.82, 2.24) is 9.78 Å². The molecule has 2 N–H and O–H groups in total. The maximum absolute atomic E-state index is 11.2. The van der Waals surface area contributed by atoms with Gasteiger partial charge in [-0.05, 0) is 12.0 Å². The normalized spacial score (nSPS) is 10.6. The van der Waals surface area contributed by atoms with E-state index in [9.17, 15) is 4.79 Å². The minimum Gasteiger partial charge on any atom is -0.382 e. The fourth-order valence-corrected chi connectivity index (χ4v) is 0.941. The van der Waals surface area contributed by atoms with Crippen LogP contribution in [0.15, 0.2) is 16.9 Å². The van der Waals surface area contributed by atoms with Crippen LogP contribution in [0.1, 0.15) is 13.8 Å². The minimum atomic E-state index is -0.0992. The maximum Gasteiger partial charge on any atom is 0.266 e. The fraction of sp³-hybridized carbons (Fsp3) is 0.500. The first-order chi connectivity index (χ1) is 5.59. The molecular formula is C8H13N3O. The van der Waals surface area contributed by atoms with Gasteiger partial charge in [-0.3, -0.25) is 4.79 Å². The Bertz CT molecular complexity index is 316. The number of anilines is 1. The molecule has 0 aliphatic carbocycles. The SMILES string of the molecule is CC(C)Cn1nc(N)ccc1=O. The molecule has 0 radical (unpaired) electrons. The van der Waals surface area contributed by atoms with Crippen LogP contribution in [0.2, 0.25) is 0 Å². The lowest BCUT2D eigenvalue weighted by molar-refractivity contribution is 0.466. The maximum atomic E-state index is 11.2. The third kappa shape index (κ3) is 2.08. The van der Waals surface area contributed by atoms with E-state index in [-0.39, 0.29) is 5.56 Å². The van der Waals surface area contributed by atoms with Crippen LogP contribution in [0.5, 0.6) is 0 Å². The van der Waals surface area contributed by atoms with Gasteiger partial charge in [-0.1, -0.05) is 13.8 Å². The Morgan fingerprint density at radius 3 is 2.83 bits per heavy atom. The summed E-state index contributed by atoms with van der Waals surface area (Å²) in [6.45, 7) is 4.67. The zero-order chi connectivity index (χ0) is 9.14. The van der Waals surface area contributed by atoms with E-state index in [1.807, 2.05) is 13.8 Å². The van der Waals surface area contributed by atoms with Crippen LogP contribution in [0.25, 0.3) is 0 Å². The van der Waals surface area contributed by atoms with Gasteiger partial charge in [0.15, 0.2) is 0 Å². The molecule has 1 heterocycles. The Morgan fingerprint density at radius 1 is 1.58 bits per heavy atom. The average molecular weight is 167 g/mol. The van der Waals surface area contributed by atoms with Gasteiger partial charge in [0.2, 0.25) is 0 Å². The highest BCUT2D eigenvalue weighted by atomic mass is 16.1. The van der Waals surface area contributed by atoms with Crippen molar-refractivity contribution < 1.29 is 0 Å². The van der Waals surface area contributed by atoms with E-state index < -0.39 is 0 Å². The lowest BCUT2D eigenvalue weighted by atomic mass is 10.2. The molecule has 1 rings (SSSR count). The first-order valence-corrected chi connectivity index (χ1v) is 3.93. The molecule has 0 fully saturated rings. The van der Waals surface area contributed by atoms with Gasteiger partial charge in [0, 0.05) is 12.6 Å². The topological polar surface area (TPSA) is 60.9 Å². The van der Waals surface area contributed by atoms with Crippen LogP contribution in [-0.2, 0) is 6.54 Å². The molecule has 0 aromatic carbocycles. The predicted octanol–water partition coefficient (Wildman–Crippen LogP) is 0.482. The highest BCUT2D eigenvalue weighted by Crippen LogP contribution is 1.95. The molecule has 0 atom stereocenters. The summed E-state index contributed by atoms with van der Waals surface area (Å²) >= 11 is 0. The zero-order valence-electron chi connectivity index (χ0n) is 7.32. The fourth-order valence-electron chi connectivity index (χ4n) is 0.941. The monoisotopic (exact) mass is 167 g/mol. The van der Waals surface area contributed by atoms with Gasteiger partial charge in [-0.2, -0.15) is 5.10 Å². The second kappa shape index (κ2) is 3.38. The van der Waals surface area contributed by atoms with Crippen molar-refractivity contribution in [3.05, 3.63) is 22.5 Å². The summed E-state index contributed by atoms with van der Waals surface area (Å²) in [5.41, 5.74) is 5.33. The van der Waals surface area contributed by atoms with E-state index in [4.69, 9.17) is 5.73 Å². The van der Waals surface area contributed by atoms with Crippen LogP contribution in [-0.4, -0.2) is 9.78 Å². The Kier molecular flexibility index (Phi) is 2.47. The van der Waals surface area contributed by atoms with Crippen LogP contribution in [0.4, 0.5) is 5.82 Å². The molecule has 0 aliphatic heterocycles. The summed E-state index contributed by atoms with van der Waals surface area (Å²) < 4.78 is 1.39. The Balaban J connectivity index is 2.98. The van der Waals surface area contributed by atoms with Crippen molar-refractivity contribution in [2.75, 3.05) is 5.73 Å². The lowest BCUT2D eigenvalue weighted by Crippen LogP contribution is -2.24. The quantitative estimate of drug-likeness (QED) is 0.697. The molecule has 4 nitrogen and oxygen atoms in total. The second-order valence-corrected chi connectivity index (χ2v) is 3.17. The summed E-state index contributed by atoms with van der Waals surface area (Å²) in [6, 6.07) is 2.95. The molecule has 66 valence electrons. The summed E-state index contributed by atoms with van der Waals surface area (Å²) in [5.74, 6) is 0.784. The number of aromatic nitrogens is 2. The molecule has 12 heavy (non-hydrogen) atoms. The van der Waals surface area contributed by atoms with Crippen molar-refractivity contribution in [3.63, 3.8) is 0 Å². The predicted molar refractivity (Wildman–Crippen MR) is 47.7 cm³/mol. The Labute approximate surface area is 71.0 Å². The first-order valence-electron chi connectivity index (χ1n) is 3.93. The molecule has 1 aromatic rings. The molecule has 1 aromatic heterocycles. The number of hydrogen-bond donors (Lipinski definition) is 1. The molecule has 0 bridgehead atoms. The van der Waals surface area contributed by atoms with Crippen molar-refractivity contribution in [2.24, 2.45) is 5.92 Å². The van der Waals surface area contributed by atoms with Crippen molar-refractivity contribution in [1.29, 1.82) is 0 Å². The standard InChI is InChI=1S/C8H13N3O/c1-6(2)5-11-8(12)4-3-7(9)10-11/h3-4,6H,5H2,1-2H3,(H2,9,10). The third-order valence-corrected chi connectivity index (χ3v) is 1.43. The van der Waals surface area contributed by atoms with E-state index in [1.54, 1.807) is 0 Å². The highest BCUT2D eigenvalue weighted by Gasteiger charge is 2.00. The van der Waals surface area contributed by atoms with Gasteiger partial charge in [-0.25, -0.2) is 4.68 Å². The third-order valence-electron chi connectivity index (χ3n) is 1.43. The molecule has 0 spiro atoms. The number of nitrogens with two attached hydrogens (primary N) is 1. The zero-order valence-corrected chi connectivity index (χ0v) is 7.32. The van der Waals surface area contributed by atoms with E-state index in [1.165, 1.54) is 16.8 Å². The Hall–Kier alpha value is -1.32. The summed E-state index contributed by atoms with van der Waals surface area (Å²) in [6.07, 6.45) is 0. The van der Waals surface area contributed by atoms with E-state index >= 15 is 0 Å². The number of hydrogen-bond acceptors (Lipinski definition) is 3. The van der Waals surface area contributed by atoms with Gasteiger partial charge in [0.05, 0.1) is 0 Å². The van der Waals surface area contributed by atoms with Crippen molar-refractivity contribution in [2.45, 2.75) is 20.4 Å². The molecule has 0 saturated carbocycles. The van der Waals surface area contributed by atoms with Gasteiger partial charge < -0.3 is 5.73 Å². The van der Waals surface area contributed by atoms with Gasteiger partial charge in [0.25, 0.3) is 5.56 Å². The van der Waals surface area contributed by atoms with E-state index in [0.717, 1.165) is 0 Å². The molecule has 0 saturated heterocycles. The molecular weight excluding hydrogens is 154 g/mol. The van der Waals surface area contributed by atoms with Crippen molar-refractivity contribution >= 4 is 5.82 Å². The Morgan fingerprint density at radius 2 is 2.25 bits per heavy atom. The molecule has 0 aliphatic rings. The van der Waals surface area contributed by atoms with Crippen molar-refractivity contribution in [3.8, 4) is 0 Å². The second-order valence-electron chi connectivity index (χ2n) is 3.17. The van der Waals surface area contributed by atoms with E-state index in [0.29, 0.717) is 18.3 Å². The van der Waals surface area contributed by atoms with Crippen LogP contribution < -0.4 is 11.3 Å². The van der Waals surface area contributed by atoms with E-state index in [2.05, 4.69) is 5.10 Å². The molecule has 4 heteroatoms. The van der Waals surface area contributed by atoms with Gasteiger partial charge in [-0.15, -0.1) is 0 Å². The number of nitrogen functional groups attached to an aromatic ring is 1. The number of nitrogens with zero attached hydrogens (tertiary/aromatic N) is 2. The van der Waals surface area contributed by atoms with Gasteiger partial charge >= 0.3 is 0 Å². The number of rotatable bonds is 2. The van der Waals surface area contributed by atoms with Crippen LogP contribution >= 0.6 is 0 Å². The van der Waals surface area contributed by atoms with Gasteiger partial charge in [0.1, 0.15) is 5.82 Å². The average Bonchev–Trinajstić information content (AvgIpc) is 1.96. The first kappa shape index (κ1) is 8.77.